The summed E-state index contributed by atoms with van der Waals surface area (Å²) >= 11 is 0. The fourth-order valence-electron chi connectivity index (χ4n) is 5.24. The predicted molar refractivity (Wildman–Crippen MR) is 138 cm³/mol. The number of rotatable bonds is 4. The van der Waals surface area contributed by atoms with E-state index in [0.29, 0.717) is 44.2 Å². The topological polar surface area (TPSA) is 91.3 Å². The first-order valence-corrected chi connectivity index (χ1v) is 12.6. The highest BCUT2D eigenvalue weighted by atomic mass is 16.6. The van der Waals surface area contributed by atoms with Crippen molar-refractivity contribution in [2.45, 2.75) is 25.7 Å². The van der Waals surface area contributed by atoms with Crippen LogP contribution in [0.4, 0.5) is 5.82 Å². The van der Waals surface area contributed by atoms with Crippen LogP contribution < -0.4 is 24.3 Å². The van der Waals surface area contributed by atoms with Crippen molar-refractivity contribution in [1.82, 2.24) is 4.98 Å². The Bertz CT molecular complexity index is 1480. The summed E-state index contributed by atoms with van der Waals surface area (Å²) in [5, 5.41) is 2.82. The Morgan fingerprint density at radius 1 is 0.946 bits per heavy atom. The van der Waals surface area contributed by atoms with Gasteiger partial charge in [0.2, 0.25) is 5.91 Å². The number of hydrogen-bond acceptors (Lipinski definition) is 7. The first-order valence-electron chi connectivity index (χ1n) is 12.6. The molecule has 3 aromatic rings. The molecule has 0 saturated carbocycles. The minimum absolute atomic E-state index is 0.0180. The van der Waals surface area contributed by atoms with Crippen LogP contribution in [0.1, 0.15) is 29.5 Å². The lowest BCUT2D eigenvalue weighted by Crippen LogP contribution is -2.27. The molecule has 8 nitrogen and oxygen atoms in total. The van der Waals surface area contributed by atoms with Crippen LogP contribution >= 0.6 is 0 Å². The molecule has 4 aliphatic heterocycles. The number of nitrogens with zero attached hydrogens (tertiary/aromatic N) is 2. The molecule has 1 atom stereocenters. The van der Waals surface area contributed by atoms with Crippen LogP contribution in [0.5, 0.6) is 28.7 Å². The quantitative estimate of drug-likeness (QED) is 0.550. The van der Waals surface area contributed by atoms with Gasteiger partial charge in [-0.2, -0.15) is 0 Å². The van der Waals surface area contributed by atoms with Crippen LogP contribution in [0.3, 0.4) is 0 Å². The van der Waals surface area contributed by atoms with Gasteiger partial charge in [0, 0.05) is 42.4 Å². The molecule has 0 fully saturated rings. The fraction of sp³-hybridized carbons (Fsp3) is 0.276. The van der Waals surface area contributed by atoms with Gasteiger partial charge in [0.1, 0.15) is 36.3 Å². The molecule has 2 aromatic carbocycles. The lowest BCUT2D eigenvalue weighted by Gasteiger charge is -2.26. The van der Waals surface area contributed by atoms with Gasteiger partial charge in [-0.15, -0.1) is 0 Å². The number of hydrogen-bond donors (Lipinski definition) is 1. The summed E-state index contributed by atoms with van der Waals surface area (Å²) in [6.45, 7) is 1.76. The summed E-state index contributed by atoms with van der Waals surface area (Å²) in [7, 11) is 0. The molecule has 1 aromatic heterocycles. The van der Waals surface area contributed by atoms with Crippen molar-refractivity contribution in [1.29, 1.82) is 0 Å². The van der Waals surface area contributed by atoms with Gasteiger partial charge >= 0.3 is 0 Å². The van der Waals surface area contributed by atoms with Crippen LogP contribution in [0, 0.1) is 5.92 Å². The Hall–Kier alpha value is -4.33. The molecule has 37 heavy (non-hydrogen) atoms. The smallest absolute Gasteiger partial charge is 0.225 e. The van der Waals surface area contributed by atoms with Crippen molar-refractivity contribution < 1.29 is 23.7 Å². The minimum Gasteiger partial charge on any atom is -0.493 e. The van der Waals surface area contributed by atoms with E-state index < -0.39 is 0 Å². The molecule has 1 amide bonds. The number of nitrogens with one attached hydrogen (secondary N) is 1. The number of aromatic nitrogens is 1. The number of pyridine rings is 1. The third-order valence-corrected chi connectivity index (χ3v) is 7.18. The molecule has 0 saturated heterocycles. The van der Waals surface area contributed by atoms with Crippen LogP contribution in [0.15, 0.2) is 59.9 Å². The molecule has 0 spiro atoms. The number of allylic oxidation sites excluding steroid dienone is 1. The van der Waals surface area contributed by atoms with Crippen LogP contribution in [0.2, 0.25) is 0 Å². The maximum atomic E-state index is 11.7. The first kappa shape index (κ1) is 21.9. The number of amides is 1. The van der Waals surface area contributed by atoms with E-state index in [2.05, 4.69) is 16.4 Å². The Labute approximate surface area is 213 Å². The monoisotopic (exact) mass is 495 g/mol. The summed E-state index contributed by atoms with van der Waals surface area (Å²) in [5.74, 6) is 4.67. The van der Waals surface area contributed by atoms with Gasteiger partial charge in [0.25, 0.3) is 0 Å². The molecular weight excluding hydrogens is 470 g/mol. The van der Waals surface area contributed by atoms with Crippen LogP contribution in [0.25, 0.3) is 5.57 Å². The van der Waals surface area contributed by atoms with Crippen molar-refractivity contribution in [2.24, 2.45) is 10.9 Å². The molecule has 7 rings (SSSR count). The Morgan fingerprint density at radius 3 is 2.78 bits per heavy atom. The van der Waals surface area contributed by atoms with Crippen LogP contribution in [-0.2, 0) is 17.6 Å². The van der Waals surface area contributed by atoms with E-state index in [-0.39, 0.29) is 11.8 Å². The Balaban J connectivity index is 1.05. The largest absolute Gasteiger partial charge is 0.493 e. The zero-order valence-corrected chi connectivity index (χ0v) is 20.2. The van der Waals surface area contributed by atoms with Gasteiger partial charge in [-0.3, -0.25) is 9.79 Å². The Kier molecular flexibility index (Phi) is 5.30. The number of aliphatic imine (C=N–C) groups is 1. The molecular formula is C29H25N3O5. The maximum absolute atomic E-state index is 11.7. The summed E-state index contributed by atoms with van der Waals surface area (Å²) in [5.41, 5.74) is 5.42. The summed E-state index contributed by atoms with van der Waals surface area (Å²) < 4.78 is 23.8. The van der Waals surface area contributed by atoms with E-state index in [1.807, 2.05) is 42.6 Å². The van der Waals surface area contributed by atoms with Gasteiger partial charge < -0.3 is 24.3 Å². The standard InChI is InChI=1S/C29H25N3O5/c33-28-6-3-22-25(7-8-30-29(22)32-28)37-21-2-5-24-18(12-21)11-20(16-36-24)23-13-19(15-31-23)17-1-4-26-27(14-17)35-10-9-34-26/h1-2,4-5,7-8,12,14-15,20H,3,6,9-11,13,16H2,(H,30,32,33). The fourth-order valence-corrected chi connectivity index (χ4v) is 5.24. The molecule has 1 unspecified atom stereocenters. The average molecular weight is 496 g/mol. The third kappa shape index (κ3) is 4.18. The highest BCUT2D eigenvalue weighted by Gasteiger charge is 2.28. The molecule has 5 heterocycles. The lowest BCUT2D eigenvalue weighted by atomic mass is 9.89. The second-order valence-corrected chi connectivity index (χ2v) is 9.58. The third-order valence-electron chi connectivity index (χ3n) is 7.18. The van der Waals surface area contributed by atoms with Crippen molar-refractivity contribution in [3.8, 4) is 28.7 Å². The highest BCUT2D eigenvalue weighted by molar-refractivity contribution is 6.00. The molecule has 0 bridgehead atoms. The van der Waals surface area contributed by atoms with E-state index in [0.717, 1.165) is 58.2 Å². The number of carbonyl (C=O) groups is 1. The molecule has 0 radical (unpaired) electrons. The van der Waals surface area contributed by atoms with Crippen molar-refractivity contribution in [3.05, 3.63) is 71.6 Å². The lowest BCUT2D eigenvalue weighted by molar-refractivity contribution is -0.116. The average Bonchev–Trinajstić information content (AvgIpc) is 3.43. The second-order valence-electron chi connectivity index (χ2n) is 9.58. The minimum atomic E-state index is -0.0180. The van der Waals surface area contributed by atoms with Gasteiger partial charge in [-0.25, -0.2) is 4.98 Å². The van der Waals surface area contributed by atoms with E-state index in [9.17, 15) is 4.79 Å². The van der Waals surface area contributed by atoms with E-state index in [1.54, 1.807) is 6.20 Å². The number of ether oxygens (including phenoxy) is 4. The molecule has 186 valence electrons. The maximum Gasteiger partial charge on any atom is 0.225 e. The molecule has 1 N–H and O–H groups in total. The van der Waals surface area contributed by atoms with E-state index >= 15 is 0 Å². The van der Waals surface area contributed by atoms with Crippen molar-refractivity contribution in [2.75, 3.05) is 25.1 Å². The van der Waals surface area contributed by atoms with Gasteiger partial charge in [0.15, 0.2) is 11.5 Å². The molecule has 8 heteroatoms. The number of fused-ring (bicyclic) bond motifs is 3. The van der Waals surface area contributed by atoms with E-state index in [1.165, 1.54) is 5.57 Å². The summed E-state index contributed by atoms with van der Waals surface area (Å²) in [4.78, 5) is 20.8. The van der Waals surface area contributed by atoms with Crippen molar-refractivity contribution in [3.63, 3.8) is 0 Å². The van der Waals surface area contributed by atoms with Crippen LogP contribution in [-0.4, -0.2) is 36.4 Å². The zero-order chi connectivity index (χ0) is 24.8. The molecule has 4 aliphatic rings. The van der Waals surface area contributed by atoms with E-state index in [4.69, 9.17) is 23.9 Å². The number of carbonyl (C=O) groups excluding carboxylic acids is 1. The van der Waals surface area contributed by atoms with Gasteiger partial charge in [-0.1, -0.05) is 6.07 Å². The predicted octanol–water partition coefficient (Wildman–Crippen LogP) is 4.97. The normalized spacial score (nSPS) is 19.6. The molecule has 0 aliphatic carbocycles. The first-order chi connectivity index (χ1) is 18.2. The zero-order valence-electron chi connectivity index (χ0n) is 20.2. The van der Waals surface area contributed by atoms with Crippen molar-refractivity contribution >= 4 is 23.0 Å². The number of benzene rings is 2. The SMILES string of the molecule is O=C1CCc2c(Oc3ccc4c(c3)CC(C3=NC=C(c5ccc6c(c5)OCCO6)C3)CO4)ccnc2N1. The summed E-state index contributed by atoms with van der Waals surface area (Å²) in [6.07, 6.45) is 6.27. The summed E-state index contributed by atoms with van der Waals surface area (Å²) in [6, 6.07) is 13.8. The number of anilines is 1. The Morgan fingerprint density at radius 2 is 1.84 bits per heavy atom. The highest BCUT2D eigenvalue weighted by Crippen LogP contribution is 2.39. The van der Waals surface area contributed by atoms with Gasteiger partial charge in [0.05, 0.1) is 6.61 Å². The van der Waals surface area contributed by atoms with Gasteiger partial charge in [-0.05, 0) is 65.9 Å². The second kappa shape index (κ2) is 8.96.